The summed E-state index contributed by atoms with van der Waals surface area (Å²) in [6.07, 6.45) is 0.758. The van der Waals surface area contributed by atoms with Crippen LogP contribution in [-0.2, 0) is 24.8 Å². The van der Waals surface area contributed by atoms with Gasteiger partial charge in [0.2, 0.25) is 0 Å². The number of thioether (sulfide) groups is 1. The van der Waals surface area contributed by atoms with Crippen LogP contribution < -0.4 is 5.73 Å². The molecule has 2 N–H and O–H groups in total. The minimum atomic E-state index is 0. The lowest BCUT2D eigenvalue weighted by atomic mass is 10.2. The number of benzene rings is 1. The Morgan fingerprint density at radius 2 is 2.00 bits per heavy atom. The van der Waals surface area contributed by atoms with Crippen molar-refractivity contribution in [3.63, 3.8) is 0 Å². The molecule has 0 atom stereocenters. The van der Waals surface area contributed by atoms with Crippen LogP contribution in [0.3, 0.4) is 0 Å². The van der Waals surface area contributed by atoms with Gasteiger partial charge in [0, 0.05) is 19.2 Å². The van der Waals surface area contributed by atoms with E-state index in [0.717, 1.165) is 23.2 Å². The third-order valence-corrected chi connectivity index (χ3v) is 3.85. The second-order valence-corrected chi connectivity index (χ2v) is 5.45. The van der Waals surface area contributed by atoms with Crippen LogP contribution in [0.1, 0.15) is 11.4 Å². The molecule has 2 rings (SSSR count). The molecule has 0 bridgehead atoms. The van der Waals surface area contributed by atoms with Gasteiger partial charge in [-0.2, -0.15) is 0 Å². The van der Waals surface area contributed by atoms with Gasteiger partial charge in [-0.05, 0) is 12.1 Å². The average Bonchev–Trinajstić information content (AvgIpc) is 2.82. The maximum absolute atomic E-state index is 5.64. The molecule has 0 spiro atoms. The first kappa shape index (κ1) is 18.0. The van der Waals surface area contributed by atoms with E-state index in [0.29, 0.717) is 19.8 Å². The minimum Gasteiger partial charge on any atom is -0.376 e. The maximum atomic E-state index is 5.64. The average molecular weight is 329 g/mol. The van der Waals surface area contributed by atoms with E-state index >= 15 is 0 Å². The van der Waals surface area contributed by atoms with Crippen LogP contribution in [0.5, 0.6) is 0 Å². The Bertz CT molecular complexity index is 521. The fourth-order valence-electron chi connectivity index (χ4n) is 1.77. The summed E-state index contributed by atoms with van der Waals surface area (Å²) >= 11 is 1.65. The molecule has 5 nitrogen and oxygen atoms in total. The molecule has 116 valence electrons. The second kappa shape index (κ2) is 9.78. The van der Waals surface area contributed by atoms with Crippen LogP contribution in [0.15, 0.2) is 35.5 Å². The molecule has 0 saturated carbocycles. The van der Waals surface area contributed by atoms with Crippen molar-refractivity contribution < 1.29 is 4.74 Å². The fraction of sp³-hybridized carbons (Fsp3) is 0.429. The van der Waals surface area contributed by atoms with Gasteiger partial charge in [0.25, 0.3) is 0 Å². The SMILES string of the molecule is Cl.Cn1c(CCN)nnc1SCCOCc1ccccc1. The van der Waals surface area contributed by atoms with Crippen LogP contribution in [0.25, 0.3) is 0 Å². The van der Waals surface area contributed by atoms with E-state index in [4.69, 9.17) is 10.5 Å². The van der Waals surface area contributed by atoms with Crippen molar-refractivity contribution in [1.82, 2.24) is 14.8 Å². The Kier molecular flexibility index (Phi) is 8.37. The maximum Gasteiger partial charge on any atom is 0.191 e. The van der Waals surface area contributed by atoms with Gasteiger partial charge in [-0.1, -0.05) is 42.1 Å². The summed E-state index contributed by atoms with van der Waals surface area (Å²) < 4.78 is 7.63. The molecule has 0 aliphatic carbocycles. The Balaban J connectivity index is 0.00000220. The molecule has 7 heteroatoms. The lowest BCUT2D eigenvalue weighted by Crippen LogP contribution is -2.08. The zero-order valence-corrected chi connectivity index (χ0v) is 13.7. The number of nitrogens with two attached hydrogens (primary N) is 1. The van der Waals surface area contributed by atoms with Gasteiger partial charge >= 0.3 is 0 Å². The Labute approximate surface area is 135 Å². The summed E-state index contributed by atoms with van der Waals surface area (Å²) in [6, 6.07) is 10.2. The van der Waals surface area contributed by atoms with Crippen LogP contribution in [0, 0.1) is 0 Å². The van der Waals surface area contributed by atoms with Gasteiger partial charge in [-0.3, -0.25) is 0 Å². The summed E-state index contributed by atoms with van der Waals surface area (Å²) in [5.74, 6) is 1.79. The van der Waals surface area contributed by atoms with E-state index in [-0.39, 0.29) is 12.4 Å². The van der Waals surface area contributed by atoms with Crippen LogP contribution in [0.2, 0.25) is 0 Å². The number of hydrogen-bond donors (Lipinski definition) is 1. The number of hydrogen-bond acceptors (Lipinski definition) is 5. The highest BCUT2D eigenvalue weighted by Crippen LogP contribution is 2.15. The minimum absolute atomic E-state index is 0. The van der Waals surface area contributed by atoms with Gasteiger partial charge in [0.15, 0.2) is 5.16 Å². The van der Waals surface area contributed by atoms with Crippen molar-refractivity contribution in [2.75, 3.05) is 18.9 Å². The molecule has 1 aromatic carbocycles. The Morgan fingerprint density at radius 1 is 1.24 bits per heavy atom. The zero-order chi connectivity index (χ0) is 14.2. The number of rotatable bonds is 8. The first-order valence-electron chi connectivity index (χ1n) is 6.64. The number of nitrogens with zero attached hydrogens (tertiary/aromatic N) is 3. The van der Waals surface area contributed by atoms with Crippen molar-refractivity contribution >= 4 is 24.2 Å². The van der Waals surface area contributed by atoms with Crippen molar-refractivity contribution in [2.45, 2.75) is 18.2 Å². The van der Waals surface area contributed by atoms with Crippen LogP contribution in [0.4, 0.5) is 0 Å². The number of ether oxygens (including phenoxy) is 1. The lowest BCUT2D eigenvalue weighted by molar-refractivity contribution is 0.136. The molecule has 0 saturated heterocycles. The van der Waals surface area contributed by atoms with Crippen molar-refractivity contribution in [2.24, 2.45) is 12.8 Å². The van der Waals surface area contributed by atoms with Gasteiger partial charge in [-0.15, -0.1) is 22.6 Å². The highest BCUT2D eigenvalue weighted by atomic mass is 35.5. The zero-order valence-electron chi connectivity index (χ0n) is 12.1. The normalized spacial score (nSPS) is 10.4. The van der Waals surface area contributed by atoms with Gasteiger partial charge in [0.1, 0.15) is 5.82 Å². The molecule has 0 radical (unpaired) electrons. The quantitative estimate of drug-likeness (QED) is 0.593. The molecular weight excluding hydrogens is 308 g/mol. The largest absolute Gasteiger partial charge is 0.376 e. The topological polar surface area (TPSA) is 66.0 Å². The number of halogens is 1. The molecule has 2 aromatic rings. The summed E-state index contributed by atoms with van der Waals surface area (Å²) in [4.78, 5) is 0. The molecule has 1 heterocycles. The summed E-state index contributed by atoms with van der Waals surface area (Å²) in [5, 5.41) is 9.19. The second-order valence-electron chi connectivity index (χ2n) is 4.38. The van der Waals surface area contributed by atoms with Crippen molar-refractivity contribution in [3.8, 4) is 0 Å². The van der Waals surface area contributed by atoms with Crippen molar-refractivity contribution in [3.05, 3.63) is 41.7 Å². The van der Waals surface area contributed by atoms with E-state index in [1.807, 2.05) is 29.8 Å². The first-order valence-corrected chi connectivity index (χ1v) is 7.62. The molecule has 0 aliphatic rings. The molecule has 0 aliphatic heterocycles. The molecule has 0 amide bonds. The van der Waals surface area contributed by atoms with Gasteiger partial charge in [-0.25, -0.2) is 0 Å². The molecule has 21 heavy (non-hydrogen) atoms. The standard InChI is InChI=1S/C14H20N4OS.ClH/c1-18-13(7-8-15)16-17-14(18)20-10-9-19-11-12-5-3-2-4-6-12;/h2-6H,7-11,15H2,1H3;1H. The summed E-state index contributed by atoms with van der Waals surface area (Å²) in [6.45, 7) is 1.94. The molecule has 0 unspecified atom stereocenters. The summed E-state index contributed by atoms with van der Waals surface area (Å²) in [5.41, 5.74) is 6.72. The fourth-order valence-corrected chi connectivity index (χ4v) is 2.56. The molecule has 1 aromatic heterocycles. The van der Waals surface area contributed by atoms with Gasteiger partial charge < -0.3 is 15.0 Å². The highest BCUT2D eigenvalue weighted by molar-refractivity contribution is 7.99. The first-order chi connectivity index (χ1) is 9.81. The van der Waals surface area contributed by atoms with Crippen LogP contribution >= 0.6 is 24.2 Å². The predicted molar refractivity (Wildman–Crippen MR) is 87.8 cm³/mol. The van der Waals surface area contributed by atoms with E-state index in [1.54, 1.807) is 11.8 Å². The van der Waals surface area contributed by atoms with E-state index in [9.17, 15) is 0 Å². The highest BCUT2D eigenvalue weighted by Gasteiger charge is 2.07. The van der Waals surface area contributed by atoms with Crippen LogP contribution in [-0.4, -0.2) is 33.7 Å². The van der Waals surface area contributed by atoms with Crippen molar-refractivity contribution in [1.29, 1.82) is 0 Å². The van der Waals surface area contributed by atoms with Gasteiger partial charge in [0.05, 0.1) is 13.2 Å². The van der Waals surface area contributed by atoms with E-state index < -0.39 is 0 Å². The third kappa shape index (κ3) is 5.67. The van der Waals surface area contributed by atoms with E-state index in [2.05, 4.69) is 22.3 Å². The third-order valence-electron chi connectivity index (χ3n) is 2.86. The molecule has 0 fully saturated rings. The monoisotopic (exact) mass is 328 g/mol. The van der Waals surface area contributed by atoms with E-state index in [1.165, 1.54) is 5.56 Å². The Morgan fingerprint density at radius 3 is 2.71 bits per heavy atom. The Hall–Kier alpha value is -1.08. The summed E-state index contributed by atoms with van der Waals surface area (Å²) in [7, 11) is 1.97. The number of aromatic nitrogens is 3. The predicted octanol–water partition coefficient (Wildman–Crippen LogP) is 2.05. The smallest absolute Gasteiger partial charge is 0.191 e. The molecular formula is C14H21ClN4OS. The lowest BCUT2D eigenvalue weighted by Gasteiger charge is -2.05.